The minimum Gasteiger partial charge on any atom is -0.390 e. The minimum atomic E-state index is -4.49. The molecule has 10 nitrogen and oxygen atoms in total. The number of hydrogen-bond acceptors (Lipinski definition) is 7. The van der Waals surface area contributed by atoms with Crippen LogP contribution in [0.3, 0.4) is 0 Å². The van der Waals surface area contributed by atoms with E-state index < -0.39 is 44.7 Å². The SMILES string of the molecule is CCCCCCCCCCCCCCCCCCCCCC(O)C(=O)N[C@@H](COP(=O)(O)OCC[N+](C)(C)C)[C@H](O)[C@H](O)CCCCCCCCCCC(C)C. The average Bonchev–Trinajstić information content (AvgIpc) is 3.13. The maximum atomic E-state index is 13.0. The first kappa shape index (κ1) is 55.4. The molecule has 0 aromatic carbocycles. The van der Waals surface area contributed by atoms with Crippen LogP contribution in [0.1, 0.15) is 213 Å². The van der Waals surface area contributed by atoms with Crippen LogP contribution < -0.4 is 5.32 Å². The van der Waals surface area contributed by atoms with Gasteiger partial charge in [0.15, 0.2) is 0 Å². The van der Waals surface area contributed by atoms with Crippen LogP contribution in [0.4, 0.5) is 0 Å². The van der Waals surface area contributed by atoms with Gasteiger partial charge in [-0.25, -0.2) is 4.57 Å². The van der Waals surface area contributed by atoms with E-state index in [9.17, 15) is 29.6 Å². The van der Waals surface area contributed by atoms with Crippen LogP contribution in [0.2, 0.25) is 0 Å². The van der Waals surface area contributed by atoms with Crippen LogP contribution in [0.25, 0.3) is 0 Å². The zero-order valence-corrected chi connectivity index (χ0v) is 38.4. The topological polar surface area (TPSA) is 146 Å². The predicted molar refractivity (Wildman–Crippen MR) is 234 cm³/mol. The van der Waals surface area contributed by atoms with E-state index in [0.717, 1.165) is 44.4 Å². The van der Waals surface area contributed by atoms with Crippen molar-refractivity contribution in [2.75, 3.05) is 40.9 Å². The van der Waals surface area contributed by atoms with Crippen molar-refractivity contribution in [3.8, 4) is 0 Å². The number of aliphatic hydroxyl groups excluding tert-OH is 3. The quantitative estimate of drug-likeness (QED) is 0.0232. The fourth-order valence-corrected chi connectivity index (χ4v) is 7.84. The number of nitrogens with one attached hydrogen (secondary N) is 1. The van der Waals surface area contributed by atoms with Gasteiger partial charge in [0.2, 0.25) is 5.91 Å². The molecule has 0 spiro atoms. The molecular weight excluding hydrogens is 727 g/mol. The Hall–Kier alpha value is -0.580. The van der Waals surface area contributed by atoms with Gasteiger partial charge in [-0.15, -0.1) is 0 Å². The molecule has 0 radical (unpaired) electrons. The van der Waals surface area contributed by atoms with E-state index in [1.807, 2.05) is 21.1 Å². The molecule has 0 aliphatic rings. The molecule has 5 N–H and O–H groups in total. The number of phosphoric acid groups is 1. The van der Waals surface area contributed by atoms with E-state index in [2.05, 4.69) is 26.1 Å². The molecule has 0 saturated heterocycles. The summed E-state index contributed by atoms with van der Waals surface area (Å²) in [5.74, 6) is 0.0632. The number of carbonyl (C=O) groups is 1. The summed E-state index contributed by atoms with van der Waals surface area (Å²) in [5, 5.41) is 35.1. The normalized spacial score (nSPS) is 15.5. The molecule has 0 fully saturated rings. The van der Waals surface area contributed by atoms with Gasteiger partial charge in [-0.05, 0) is 18.8 Å². The molecule has 336 valence electrons. The highest BCUT2D eigenvalue weighted by Gasteiger charge is 2.33. The van der Waals surface area contributed by atoms with Gasteiger partial charge >= 0.3 is 7.82 Å². The van der Waals surface area contributed by atoms with E-state index in [1.54, 1.807) is 0 Å². The van der Waals surface area contributed by atoms with Gasteiger partial charge in [-0.3, -0.25) is 13.8 Å². The number of nitrogens with zero attached hydrogens (tertiary/aromatic N) is 1. The largest absolute Gasteiger partial charge is 0.472 e. The third-order valence-corrected chi connectivity index (χ3v) is 12.0. The molecule has 0 aliphatic heterocycles. The summed E-state index contributed by atoms with van der Waals surface area (Å²) in [7, 11) is 1.30. The van der Waals surface area contributed by atoms with Gasteiger partial charge in [0.1, 0.15) is 25.4 Å². The van der Waals surface area contributed by atoms with Crippen LogP contribution in [0.15, 0.2) is 0 Å². The standard InChI is InChI=1S/C45H93N2O8P/c1-7-8-9-10-11-12-13-14-15-16-17-18-19-20-21-22-27-30-33-36-43(49)45(51)46-41(39-55-56(52,53)54-38-37-47(4,5)6)44(50)42(48)35-32-29-26-24-23-25-28-31-34-40(2)3/h40-44,48-50H,7-39H2,1-6H3,(H-,46,51,52,53)/p+1/t41-,42+,43?,44-/m0/s1. The van der Waals surface area contributed by atoms with Crippen molar-refractivity contribution in [3.05, 3.63) is 0 Å². The number of hydrogen-bond donors (Lipinski definition) is 5. The summed E-state index contributed by atoms with van der Waals surface area (Å²) in [6.07, 6.45) is 31.0. The Balaban J connectivity index is 4.49. The fraction of sp³-hybridized carbons (Fsp3) is 0.978. The molecule has 0 saturated carbocycles. The lowest BCUT2D eigenvalue weighted by atomic mass is 9.99. The molecule has 1 amide bonds. The van der Waals surface area contributed by atoms with Gasteiger partial charge in [-0.2, -0.15) is 0 Å². The van der Waals surface area contributed by atoms with Gasteiger partial charge in [0.25, 0.3) is 0 Å². The van der Waals surface area contributed by atoms with Crippen molar-refractivity contribution in [1.82, 2.24) is 5.32 Å². The molecule has 0 bridgehead atoms. The molecule has 5 atom stereocenters. The minimum absolute atomic E-state index is 0.0183. The Morgan fingerprint density at radius 1 is 0.589 bits per heavy atom. The number of amides is 1. The summed E-state index contributed by atoms with van der Waals surface area (Å²) >= 11 is 0. The van der Waals surface area contributed by atoms with E-state index in [0.29, 0.717) is 30.3 Å². The van der Waals surface area contributed by atoms with Crippen molar-refractivity contribution in [2.24, 2.45) is 5.92 Å². The maximum Gasteiger partial charge on any atom is 0.472 e. The molecule has 11 heteroatoms. The number of unbranched alkanes of at least 4 members (excludes halogenated alkanes) is 25. The maximum absolute atomic E-state index is 13.0. The van der Waals surface area contributed by atoms with Gasteiger partial charge in [0, 0.05) is 0 Å². The predicted octanol–water partition coefficient (Wildman–Crippen LogP) is 10.8. The number of phosphoric ester groups is 1. The second-order valence-electron chi connectivity index (χ2n) is 18.3. The van der Waals surface area contributed by atoms with Gasteiger partial charge in [-0.1, -0.05) is 201 Å². The number of aliphatic hydroxyl groups is 3. The third kappa shape index (κ3) is 36.5. The van der Waals surface area contributed by atoms with Crippen LogP contribution in [0, 0.1) is 5.92 Å². The number of carbonyl (C=O) groups excluding carboxylic acids is 1. The average molecular weight is 822 g/mol. The van der Waals surface area contributed by atoms with E-state index in [4.69, 9.17) is 9.05 Å². The smallest absolute Gasteiger partial charge is 0.390 e. The number of rotatable bonds is 42. The molecule has 0 aliphatic carbocycles. The number of likely N-dealkylation sites (N-methyl/N-ethyl adjacent to an activating group) is 1. The highest BCUT2D eigenvalue weighted by molar-refractivity contribution is 7.47. The summed E-state index contributed by atoms with van der Waals surface area (Å²) in [4.78, 5) is 23.3. The summed E-state index contributed by atoms with van der Waals surface area (Å²) < 4.78 is 23.4. The summed E-state index contributed by atoms with van der Waals surface area (Å²) in [5.41, 5.74) is 0. The fourth-order valence-electron chi connectivity index (χ4n) is 7.10. The Kier molecular flexibility index (Phi) is 35.9. The van der Waals surface area contributed by atoms with Gasteiger partial charge in [0.05, 0.1) is 39.9 Å². The monoisotopic (exact) mass is 822 g/mol. The lowest BCUT2D eigenvalue weighted by Gasteiger charge is -2.29. The van der Waals surface area contributed by atoms with Crippen molar-refractivity contribution in [2.45, 2.75) is 238 Å². The van der Waals surface area contributed by atoms with Crippen molar-refractivity contribution < 1.29 is 43.1 Å². The van der Waals surface area contributed by atoms with Crippen LogP contribution in [-0.2, 0) is 18.4 Å². The summed E-state index contributed by atoms with van der Waals surface area (Å²) in [6.45, 7) is 6.69. The Morgan fingerprint density at radius 2 is 0.964 bits per heavy atom. The zero-order valence-electron chi connectivity index (χ0n) is 37.5. The molecule has 0 aromatic rings. The highest BCUT2D eigenvalue weighted by atomic mass is 31.2. The first-order valence-corrected chi connectivity index (χ1v) is 24.9. The van der Waals surface area contributed by atoms with Crippen LogP contribution in [0.5, 0.6) is 0 Å². The summed E-state index contributed by atoms with van der Waals surface area (Å²) in [6, 6.07) is -1.20. The Morgan fingerprint density at radius 3 is 1.36 bits per heavy atom. The van der Waals surface area contributed by atoms with Gasteiger partial charge < -0.3 is 30.0 Å². The Labute approximate surface area is 345 Å². The molecule has 2 unspecified atom stereocenters. The second kappa shape index (κ2) is 36.3. The van der Waals surface area contributed by atoms with E-state index in [1.165, 1.54) is 128 Å². The lowest BCUT2D eigenvalue weighted by Crippen LogP contribution is -2.53. The van der Waals surface area contributed by atoms with E-state index >= 15 is 0 Å². The molecular formula is C45H94N2O8P+. The second-order valence-corrected chi connectivity index (χ2v) is 19.7. The first-order valence-electron chi connectivity index (χ1n) is 23.5. The molecule has 0 heterocycles. The van der Waals surface area contributed by atoms with Crippen molar-refractivity contribution >= 4 is 13.7 Å². The highest BCUT2D eigenvalue weighted by Crippen LogP contribution is 2.43. The van der Waals surface area contributed by atoms with Crippen molar-refractivity contribution in [1.29, 1.82) is 0 Å². The molecule has 0 rings (SSSR count). The number of quaternary nitrogens is 1. The molecule has 56 heavy (non-hydrogen) atoms. The van der Waals surface area contributed by atoms with Crippen LogP contribution in [-0.4, -0.2) is 95.9 Å². The zero-order chi connectivity index (χ0) is 41.9. The first-order chi connectivity index (χ1) is 26.7. The van der Waals surface area contributed by atoms with E-state index in [-0.39, 0.29) is 13.0 Å². The Bertz CT molecular complexity index is 934. The van der Waals surface area contributed by atoms with Crippen LogP contribution >= 0.6 is 7.82 Å². The molecule has 0 aromatic heterocycles. The third-order valence-electron chi connectivity index (χ3n) is 11.0. The van der Waals surface area contributed by atoms with Crippen molar-refractivity contribution in [3.63, 3.8) is 0 Å². The lowest BCUT2D eigenvalue weighted by molar-refractivity contribution is -0.870.